The standard InChI is InChI=1S/C16H21NO2S/c1-3-5-6-12-7-9-13(10-8-12)15-17-14(11-20-15)16(18)19-4-2/h7-10,14H,3-6,11H2,1-2H3. The first-order chi connectivity index (χ1) is 9.74. The molecule has 1 aromatic rings. The van der Waals surface area contributed by atoms with E-state index in [9.17, 15) is 4.79 Å². The van der Waals surface area contributed by atoms with Crippen molar-refractivity contribution >= 4 is 22.8 Å². The molecule has 108 valence electrons. The second-order valence-electron chi connectivity index (χ2n) is 4.81. The highest BCUT2D eigenvalue weighted by Gasteiger charge is 2.26. The van der Waals surface area contributed by atoms with Crippen LogP contribution in [-0.2, 0) is 16.0 Å². The number of aryl methyl sites for hydroxylation is 1. The van der Waals surface area contributed by atoms with E-state index in [1.165, 1.54) is 18.4 Å². The number of hydrogen-bond donors (Lipinski definition) is 0. The Kier molecular flexibility index (Phi) is 5.65. The largest absolute Gasteiger partial charge is 0.464 e. The van der Waals surface area contributed by atoms with Crippen molar-refractivity contribution in [2.45, 2.75) is 39.2 Å². The molecule has 1 aliphatic rings. The average Bonchev–Trinajstić information content (AvgIpc) is 2.96. The molecule has 4 heteroatoms. The molecule has 1 atom stereocenters. The highest BCUT2D eigenvalue weighted by molar-refractivity contribution is 8.14. The van der Waals surface area contributed by atoms with Gasteiger partial charge in [0.2, 0.25) is 0 Å². The third-order valence-electron chi connectivity index (χ3n) is 3.23. The quantitative estimate of drug-likeness (QED) is 0.753. The van der Waals surface area contributed by atoms with E-state index in [0.29, 0.717) is 12.4 Å². The van der Waals surface area contributed by atoms with E-state index in [0.717, 1.165) is 17.0 Å². The van der Waals surface area contributed by atoms with Crippen molar-refractivity contribution in [3.8, 4) is 0 Å². The maximum absolute atomic E-state index is 11.7. The maximum Gasteiger partial charge on any atom is 0.331 e. The fourth-order valence-corrected chi connectivity index (χ4v) is 3.12. The molecule has 1 unspecified atom stereocenters. The van der Waals surface area contributed by atoms with Gasteiger partial charge in [-0.3, -0.25) is 4.99 Å². The van der Waals surface area contributed by atoms with E-state index in [1.54, 1.807) is 11.8 Å². The summed E-state index contributed by atoms with van der Waals surface area (Å²) in [5.41, 5.74) is 2.46. The smallest absolute Gasteiger partial charge is 0.331 e. The van der Waals surface area contributed by atoms with Gasteiger partial charge in [0.1, 0.15) is 0 Å². The van der Waals surface area contributed by atoms with Crippen LogP contribution in [0.1, 0.15) is 37.8 Å². The number of aliphatic imine (C=N–C) groups is 1. The van der Waals surface area contributed by atoms with Gasteiger partial charge in [0.25, 0.3) is 0 Å². The fraction of sp³-hybridized carbons (Fsp3) is 0.500. The summed E-state index contributed by atoms with van der Waals surface area (Å²) in [6.07, 6.45) is 3.56. The highest BCUT2D eigenvalue weighted by atomic mass is 32.2. The Morgan fingerprint density at radius 2 is 2.10 bits per heavy atom. The molecule has 0 N–H and O–H groups in total. The number of hydrogen-bond acceptors (Lipinski definition) is 4. The fourth-order valence-electron chi connectivity index (χ4n) is 2.09. The van der Waals surface area contributed by atoms with Gasteiger partial charge in [-0.15, -0.1) is 11.8 Å². The van der Waals surface area contributed by atoms with Crippen molar-refractivity contribution < 1.29 is 9.53 Å². The number of benzene rings is 1. The van der Waals surface area contributed by atoms with Gasteiger partial charge in [-0.1, -0.05) is 37.6 Å². The van der Waals surface area contributed by atoms with Gasteiger partial charge in [-0.05, 0) is 25.3 Å². The summed E-state index contributed by atoms with van der Waals surface area (Å²) >= 11 is 1.63. The first-order valence-corrected chi connectivity index (χ1v) is 8.19. The molecule has 2 rings (SSSR count). The summed E-state index contributed by atoms with van der Waals surface area (Å²) in [7, 11) is 0. The number of esters is 1. The first kappa shape index (κ1) is 15.1. The van der Waals surface area contributed by atoms with Crippen LogP contribution in [0.2, 0.25) is 0 Å². The molecule has 20 heavy (non-hydrogen) atoms. The third kappa shape index (κ3) is 3.85. The van der Waals surface area contributed by atoms with Crippen molar-refractivity contribution in [2.75, 3.05) is 12.4 Å². The monoisotopic (exact) mass is 291 g/mol. The Balaban J connectivity index is 2.01. The van der Waals surface area contributed by atoms with Gasteiger partial charge in [0.05, 0.1) is 11.7 Å². The SMILES string of the molecule is CCCCc1ccc(C2=NC(C(=O)OCC)CS2)cc1. The number of rotatable bonds is 6. The lowest BCUT2D eigenvalue weighted by Crippen LogP contribution is -2.21. The van der Waals surface area contributed by atoms with E-state index in [2.05, 4.69) is 36.2 Å². The van der Waals surface area contributed by atoms with E-state index < -0.39 is 0 Å². The molecule has 1 aliphatic heterocycles. The second kappa shape index (κ2) is 7.48. The summed E-state index contributed by atoms with van der Waals surface area (Å²) in [5, 5.41) is 0.949. The minimum absolute atomic E-state index is 0.213. The van der Waals surface area contributed by atoms with Crippen LogP contribution in [0.25, 0.3) is 0 Å². The van der Waals surface area contributed by atoms with Crippen LogP contribution < -0.4 is 0 Å². The lowest BCUT2D eigenvalue weighted by molar-refractivity contribution is -0.143. The summed E-state index contributed by atoms with van der Waals surface area (Å²) in [4.78, 5) is 16.1. The molecule has 0 spiro atoms. The third-order valence-corrected chi connectivity index (χ3v) is 4.33. The molecule has 0 saturated carbocycles. The second-order valence-corrected chi connectivity index (χ2v) is 5.82. The molecule has 0 amide bonds. The summed E-state index contributed by atoms with van der Waals surface area (Å²) < 4.78 is 5.01. The molecular weight excluding hydrogens is 270 g/mol. The Labute approximate surface area is 124 Å². The molecule has 0 fully saturated rings. The molecular formula is C16H21NO2S. The zero-order valence-electron chi connectivity index (χ0n) is 12.1. The van der Waals surface area contributed by atoms with Gasteiger partial charge in [-0.25, -0.2) is 4.79 Å². The lowest BCUT2D eigenvalue weighted by atomic mass is 10.1. The summed E-state index contributed by atoms with van der Waals surface area (Å²) in [5.74, 6) is 0.473. The van der Waals surface area contributed by atoms with Crippen LogP contribution >= 0.6 is 11.8 Å². The van der Waals surface area contributed by atoms with Crippen molar-refractivity contribution in [1.82, 2.24) is 0 Å². The Morgan fingerprint density at radius 1 is 1.35 bits per heavy atom. The van der Waals surface area contributed by atoms with Crippen LogP contribution in [0.15, 0.2) is 29.3 Å². The minimum Gasteiger partial charge on any atom is -0.464 e. The molecule has 0 saturated heterocycles. The van der Waals surface area contributed by atoms with E-state index in [-0.39, 0.29) is 12.0 Å². The van der Waals surface area contributed by atoms with Crippen LogP contribution in [0, 0.1) is 0 Å². The van der Waals surface area contributed by atoms with Crippen LogP contribution in [0.4, 0.5) is 0 Å². The number of carbonyl (C=O) groups excluding carboxylic acids is 1. The first-order valence-electron chi connectivity index (χ1n) is 7.21. The van der Waals surface area contributed by atoms with Gasteiger partial charge in [-0.2, -0.15) is 0 Å². The number of carbonyl (C=O) groups is 1. The van der Waals surface area contributed by atoms with Gasteiger partial charge >= 0.3 is 5.97 Å². The number of thioether (sulfide) groups is 1. The van der Waals surface area contributed by atoms with Crippen LogP contribution in [0.3, 0.4) is 0 Å². The highest BCUT2D eigenvalue weighted by Crippen LogP contribution is 2.24. The lowest BCUT2D eigenvalue weighted by Gasteiger charge is -2.04. The normalized spacial score (nSPS) is 17.9. The van der Waals surface area contributed by atoms with Crippen molar-refractivity contribution in [3.05, 3.63) is 35.4 Å². The van der Waals surface area contributed by atoms with Gasteiger partial charge in [0.15, 0.2) is 6.04 Å². The van der Waals surface area contributed by atoms with Crippen molar-refractivity contribution in [2.24, 2.45) is 4.99 Å². The Morgan fingerprint density at radius 3 is 2.75 bits per heavy atom. The van der Waals surface area contributed by atoms with Crippen LogP contribution in [-0.4, -0.2) is 29.4 Å². The molecule has 1 aromatic carbocycles. The molecule has 0 aliphatic carbocycles. The molecule has 0 aromatic heterocycles. The predicted octanol–water partition coefficient (Wildman–Crippen LogP) is 3.45. The zero-order valence-corrected chi connectivity index (χ0v) is 12.9. The summed E-state index contributed by atoms with van der Waals surface area (Å²) in [6, 6.07) is 8.18. The van der Waals surface area contributed by atoms with E-state index >= 15 is 0 Å². The minimum atomic E-state index is -0.338. The average molecular weight is 291 g/mol. The Hall–Kier alpha value is -1.29. The van der Waals surface area contributed by atoms with Crippen LogP contribution in [0.5, 0.6) is 0 Å². The van der Waals surface area contributed by atoms with E-state index in [1.807, 2.05) is 6.92 Å². The topological polar surface area (TPSA) is 38.7 Å². The summed E-state index contributed by atoms with van der Waals surface area (Å²) in [6.45, 7) is 4.43. The van der Waals surface area contributed by atoms with Gasteiger partial charge in [0, 0.05) is 11.3 Å². The van der Waals surface area contributed by atoms with Crippen molar-refractivity contribution in [3.63, 3.8) is 0 Å². The molecule has 3 nitrogen and oxygen atoms in total. The molecule has 0 bridgehead atoms. The molecule has 0 radical (unpaired) electrons. The zero-order chi connectivity index (χ0) is 14.4. The number of unbranched alkanes of at least 4 members (excludes halogenated alkanes) is 1. The number of ether oxygens (including phenoxy) is 1. The predicted molar refractivity (Wildman–Crippen MR) is 84.5 cm³/mol. The van der Waals surface area contributed by atoms with E-state index in [4.69, 9.17) is 4.74 Å². The van der Waals surface area contributed by atoms with Crippen molar-refractivity contribution in [1.29, 1.82) is 0 Å². The van der Waals surface area contributed by atoms with Gasteiger partial charge < -0.3 is 4.74 Å². The maximum atomic E-state index is 11.7. The number of nitrogens with zero attached hydrogens (tertiary/aromatic N) is 1. The Bertz CT molecular complexity index is 482. The molecule has 1 heterocycles.